The Morgan fingerprint density at radius 1 is 1.54 bits per heavy atom. The Morgan fingerprint density at radius 3 is 2.92 bits per heavy atom. The first-order valence-electron chi connectivity index (χ1n) is 3.66. The lowest BCUT2D eigenvalue weighted by Crippen LogP contribution is -1.95. The quantitative estimate of drug-likeness (QED) is 0.705. The Balaban J connectivity index is 2.89. The molecule has 0 saturated carbocycles. The van der Waals surface area contributed by atoms with Crippen LogP contribution in [0.15, 0.2) is 12.1 Å². The summed E-state index contributed by atoms with van der Waals surface area (Å²) in [5.74, 6) is -0.135. The Bertz CT molecular complexity index is 478. The van der Waals surface area contributed by atoms with Gasteiger partial charge in [-0.25, -0.2) is 9.37 Å². The average Bonchev–Trinajstić information content (AvgIpc) is 2.32. The smallest absolute Gasteiger partial charge is 0.200 e. The van der Waals surface area contributed by atoms with E-state index in [1.807, 2.05) is 0 Å². The van der Waals surface area contributed by atoms with E-state index in [-0.39, 0.29) is 5.02 Å². The molecule has 2 aromatic rings. The number of anilines is 1. The predicted octanol–water partition coefficient (Wildman–Crippen LogP) is 1.95. The van der Waals surface area contributed by atoms with Gasteiger partial charge in [-0.3, -0.25) is 0 Å². The van der Waals surface area contributed by atoms with E-state index in [9.17, 15) is 4.39 Å². The Labute approximate surface area is 78.9 Å². The third-order valence-electron chi connectivity index (χ3n) is 1.96. The van der Waals surface area contributed by atoms with Crippen molar-refractivity contribution in [2.24, 2.45) is 7.05 Å². The largest absolute Gasteiger partial charge is 0.369 e. The molecule has 0 radical (unpaired) electrons. The zero-order valence-electron chi connectivity index (χ0n) is 6.88. The molecule has 1 aromatic heterocycles. The van der Waals surface area contributed by atoms with Gasteiger partial charge in [-0.15, -0.1) is 0 Å². The second-order valence-electron chi connectivity index (χ2n) is 2.78. The third-order valence-corrected chi connectivity index (χ3v) is 2.25. The van der Waals surface area contributed by atoms with Gasteiger partial charge in [0.15, 0.2) is 0 Å². The van der Waals surface area contributed by atoms with Crippen LogP contribution in [-0.2, 0) is 7.05 Å². The molecule has 1 aromatic carbocycles. The van der Waals surface area contributed by atoms with Crippen LogP contribution in [0.2, 0.25) is 5.02 Å². The van der Waals surface area contributed by atoms with Crippen LogP contribution in [0, 0.1) is 5.82 Å². The number of nitrogen functional groups attached to an aromatic ring is 1. The molecule has 13 heavy (non-hydrogen) atoms. The van der Waals surface area contributed by atoms with Gasteiger partial charge in [0.25, 0.3) is 0 Å². The molecule has 0 bridgehead atoms. The number of hydrogen-bond acceptors (Lipinski definition) is 2. The van der Waals surface area contributed by atoms with Crippen molar-refractivity contribution in [2.75, 3.05) is 5.73 Å². The molecule has 0 saturated heterocycles. The van der Waals surface area contributed by atoms with E-state index in [0.717, 1.165) is 5.52 Å². The molecule has 2 rings (SSSR count). The van der Waals surface area contributed by atoms with Crippen LogP contribution >= 0.6 is 11.6 Å². The normalized spacial score (nSPS) is 11.0. The molecule has 68 valence electrons. The number of hydrogen-bond donors (Lipinski definition) is 1. The van der Waals surface area contributed by atoms with E-state index in [0.29, 0.717) is 11.5 Å². The van der Waals surface area contributed by atoms with Crippen LogP contribution in [0.3, 0.4) is 0 Å². The fourth-order valence-corrected chi connectivity index (χ4v) is 1.36. The second-order valence-corrected chi connectivity index (χ2v) is 3.19. The molecule has 0 fully saturated rings. The number of imidazole rings is 1. The number of halogens is 2. The first kappa shape index (κ1) is 8.31. The molecular weight excluding hydrogens is 193 g/mol. The standard InChI is InChI=1S/C8H7ClFN3/c1-13-7-2-4(9)5(10)3-6(7)12-8(13)11/h2-3H,1H3,(H2,11,12). The van der Waals surface area contributed by atoms with Crippen LogP contribution in [0.25, 0.3) is 11.0 Å². The molecule has 1 heterocycles. The molecule has 0 unspecified atom stereocenters. The summed E-state index contributed by atoms with van der Waals surface area (Å²) >= 11 is 5.61. The van der Waals surface area contributed by atoms with Crippen LogP contribution in [0.5, 0.6) is 0 Å². The van der Waals surface area contributed by atoms with Crippen molar-refractivity contribution in [1.29, 1.82) is 0 Å². The Kier molecular flexibility index (Phi) is 1.66. The zero-order valence-corrected chi connectivity index (χ0v) is 7.64. The van der Waals surface area contributed by atoms with Crippen molar-refractivity contribution in [1.82, 2.24) is 9.55 Å². The van der Waals surface area contributed by atoms with Gasteiger partial charge in [-0.2, -0.15) is 0 Å². The third kappa shape index (κ3) is 1.14. The summed E-state index contributed by atoms with van der Waals surface area (Å²) in [5.41, 5.74) is 6.78. The molecule has 0 amide bonds. The molecule has 3 nitrogen and oxygen atoms in total. The van der Waals surface area contributed by atoms with Gasteiger partial charge in [0, 0.05) is 13.1 Å². The van der Waals surface area contributed by atoms with Gasteiger partial charge >= 0.3 is 0 Å². The maximum Gasteiger partial charge on any atom is 0.200 e. The molecule has 0 aliphatic heterocycles. The van der Waals surface area contributed by atoms with Gasteiger partial charge in [0.05, 0.1) is 16.1 Å². The highest BCUT2D eigenvalue weighted by atomic mass is 35.5. The van der Waals surface area contributed by atoms with Crippen LogP contribution in [-0.4, -0.2) is 9.55 Å². The predicted molar refractivity (Wildman–Crippen MR) is 50.1 cm³/mol. The van der Waals surface area contributed by atoms with E-state index >= 15 is 0 Å². The number of aromatic nitrogens is 2. The molecular formula is C8H7ClFN3. The lowest BCUT2D eigenvalue weighted by Gasteiger charge is -1.97. The Hall–Kier alpha value is -1.29. The molecule has 0 aliphatic carbocycles. The van der Waals surface area contributed by atoms with Gasteiger partial charge < -0.3 is 10.3 Å². The van der Waals surface area contributed by atoms with Gasteiger partial charge in [0.2, 0.25) is 5.95 Å². The summed E-state index contributed by atoms with van der Waals surface area (Å²) in [6.07, 6.45) is 0. The number of rotatable bonds is 0. The lowest BCUT2D eigenvalue weighted by molar-refractivity contribution is 0.630. The minimum absolute atomic E-state index is 0.0792. The summed E-state index contributed by atoms with van der Waals surface area (Å²) in [5, 5.41) is 0.0792. The fraction of sp³-hybridized carbons (Fsp3) is 0.125. The summed E-state index contributed by atoms with van der Waals surface area (Å²) < 4.78 is 14.6. The van der Waals surface area contributed by atoms with E-state index in [1.165, 1.54) is 12.1 Å². The summed E-state index contributed by atoms with van der Waals surface area (Å²) in [6, 6.07) is 2.78. The molecule has 2 N–H and O–H groups in total. The lowest BCUT2D eigenvalue weighted by atomic mass is 10.3. The van der Waals surface area contributed by atoms with E-state index in [4.69, 9.17) is 17.3 Å². The monoisotopic (exact) mass is 199 g/mol. The minimum Gasteiger partial charge on any atom is -0.369 e. The first-order valence-corrected chi connectivity index (χ1v) is 4.04. The first-order chi connectivity index (χ1) is 6.09. The number of nitrogens with zero attached hydrogens (tertiary/aromatic N) is 2. The topological polar surface area (TPSA) is 43.8 Å². The van der Waals surface area contributed by atoms with Crippen molar-refractivity contribution in [2.45, 2.75) is 0 Å². The zero-order chi connectivity index (χ0) is 9.59. The number of fused-ring (bicyclic) bond motifs is 1. The number of nitrogens with two attached hydrogens (primary N) is 1. The maximum absolute atomic E-state index is 13.0. The SMILES string of the molecule is Cn1c(N)nc2cc(F)c(Cl)cc21. The van der Waals surface area contributed by atoms with Crippen LogP contribution < -0.4 is 5.73 Å². The van der Waals surface area contributed by atoms with Crippen molar-refractivity contribution >= 4 is 28.6 Å². The van der Waals surface area contributed by atoms with E-state index in [2.05, 4.69) is 4.98 Å². The van der Waals surface area contributed by atoms with Crippen LogP contribution in [0.1, 0.15) is 0 Å². The maximum atomic E-state index is 13.0. The van der Waals surface area contributed by atoms with Crippen molar-refractivity contribution in [3.05, 3.63) is 23.0 Å². The van der Waals surface area contributed by atoms with Gasteiger partial charge in [-0.05, 0) is 6.07 Å². The summed E-state index contributed by atoms with van der Waals surface area (Å²) in [7, 11) is 1.75. The summed E-state index contributed by atoms with van der Waals surface area (Å²) in [4.78, 5) is 3.96. The van der Waals surface area contributed by atoms with Crippen molar-refractivity contribution < 1.29 is 4.39 Å². The molecule has 0 aliphatic rings. The average molecular weight is 200 g/mol. The highest BCUT2D eigenvalue weighted by Gasteiger charge is 2.08. The Morgan fingerprint density at radius 2 is 2.23 bits per heavy atom. The van der Waals surface area contributed by atoms with E-state index in [1.54, 1.807) is 11.6 Å². The molecule has 5 heteroatoms. The van der Waals surface area contributed by atoms with Gasteiger partial charge in [0.1, 0.15) is 5.82 Å². The van der Waals surface area contributed by atoms with Crippen LogP contribution in [0.4, 0.5) is 10.3 Å². The van der Waals surface area contributed by atoms with Crippen molar-refractivity contribution in [3.63, 3.8) is 0 Å². The molecule has 0 spiro atoms. The highest BCUT2D eigenvalue weighted by Crippen LogP contribution is 2.23. The van der Waals surface area contributed by atoms with Crippen molar-refractivity contribution in [3.8, 4) is 0 Å². The fourth-order valence-electron chi connectivity index (χ4n) is 1.21. The van der Waals surface area contributed by atoms with E-state index < -0.39 is 5.82 Å². The highest BCUT2D eigenvalue weighted by molar-refractivity contribution is 6.31. The summed E-state index contributed by atoms with van der Waals surface area (Å²) in [6.45, 7) is 0. The number of benzene rings is 1. The molecule has 0 atom stereocenters. The number of aryl methyl sites for hydroxylation is 1. The second kappa shape index (κ2) is 2.60. The minimum atomic E-state index is -0.479. The van der Waals surface area contributed by atoms with Gasteiger partial charge in [-0.1, -0.05) is 11.6 Å².